The van der Waals surface area contributed by atoms with Crippen LogP contribution in [-0.4, -0.2) is 31.8 Å². The van der Waals surface area contributed by atoms with Crippen molar-refractivity contribution in [2.24, 2.45) is 5.92 Å². The van der Waals surface area contributed by atoms with Crippen molar-refractivity contribution in [2.75, 3.05) is 31.9 Å². The predicted molar refractivity (Wildman–Crippen MR) is 114 cm³/mol. The topological polar surface area (TPSA) is 108 Å². The smallest absolute Gasteiger partial charge is 0.319 e. The van der Waals surface area contributed by atoms with Crippen LogP contribution in [0.3, 0.4) is 0 Å². The zero-order valence-corrected chi connectivity index (χ0v) is 17.5. The number of nitrogens with two attached hydrogens (primary N) is 1. The number of carbonyl (C=O) groups excluding carboxylic acids is 1. The number of carbonyl (C=O) groups is 1. The summed E-state index contributed by atoms with van der Waals surface area (Å²) in [6.07, 6.45) is 3.61. The predicted octanol–water partition coefficient (Wildman–Crippen LogP) is 3.82. The lowest BCUT2D eigenvalue weighted by molar-refractivity contribution is 0.251. The number of pyridine rings is 1. The van der Waals surface area contributed by atoms with E-state index < -0.39 is 0 Å². The van der Waals surface area contributed by atoms with Crippen molar-refractivity contribution < 1.29 is 19.0 Å². The molecule has 0 aliphatic carbocycles. The van der Waals surface area contributed by atoms with E-state index in [9.17, 15) is 4.79 Å². The van der Waals surface area contributed by atoms with Crippen LogP contribution in [0.25, 0.3) is 0 Å². The molecule has 0 radical (unpaired) electrons. The van der Waals surface area contributed by atoms with E-state index in [0.29, 0.717) is 35.5 Å². The number of ether oxygens (including phenoxy) is 3. The summed E-state index contributed by atoms with van der Waals surface area (Å²) in [6.45, 7) is 5.20. The summed E-state index contributed by atoms with van der Waals surface area (Å²) in [5.74, 6) is 2.58. The molecule has 158 valence electrons. The Labute approximate surface area is 171 Å². The number of urea groups is 1. The molecule has 0 atom stereocenters. The molecule has 0 bridgehead atoms. The first-order chi connectivity index (χ1) is 13.9. The molecular formula is C21H30N4O4. The molecule has 2 rings (SSSR count). The summed E-state index contributed by atoms with van der Waals surface area (Å²) in [5, 5.41) is 5.57. The van der Waals surface area contributed by atoms with Crippen LogP contribution in [0.15, 0.2) is 30.5 Å². The standard InChI is InChI=1S/C21H30N4O4/c1-14(2)6-5-11-29-18-12-16(7-8-17(18)27-3)25-21(26)24-13-15-9-10-23-20(22)19(15)28-4/h7-10,12,14H,5-6,11,13H2,1-4H3,(H2,22,23)(H2,24,25,26). The average molecular weight is 402 g/mol. The second-order valence-corrected chi connectivity index (χ2v) is 6.95. The number of nitrogens with zero attached hydrogens (tertiary/aromatic N) is 1. The number of benzene rings is 1. The zero-order chi connectivity index (χ0) is 21.2. The Kier molecular flexibility index (Phi) is 8.39. The lowest BCUT2D eigenvalue weighted by atomic mass is 10.1. The number of methoxy groups -OCH3 is 2. The molecule has 1 aromatic heterocycles. The highest BCUT2D eigenvalue weighted by atomic mass is 16.5. The van der Waals surface area contributed by atoms with Crippen molar-refractivity contribution >= 4 is 17.5 Å². The minimum atomic E-state index is -0.363. The van der Waals surface area contributed by atoms with Gasteiger partial charge in [0.05, 0.1) is 20.8 Å². The molecule has 8 nitrogen and oxygen atoms in total. The fourth-order valence-corrected chi connectivity index (χ4v) is 2.77. The van der Waals surface area contributed by atoms with E-state index in [1.54, 1.807) is 37.6 Å². The minimum absolute atomic E-state index is 0.246. The molecule has 8 heteroatoms. The molecule has 0 fully saturated rings. The van der Waals surface area contributed by atoms with Gasteiger partial charge in [0.25, 0.3) is 0 Å². The number of hydrogen-bond donors (Lipinski definition) is 3. The van der Waals surface area contributed by atoms with E-state index in [1.165, 1.54) is 7.11 Å². The maximum Gasteiger partial charge on any atom is 0.319 e. The van der Waals surface area contributed by atoms with Gasteiger partial charge in [-0.2, -0.15) is 0 Å². The van der Waals surface area contributed by atoms with Crippen molar-refractivity contribution in [1.82, 2.24) is 10.3 Å². The van der Waals surface area contributed by atoms with E-state index in [-0.39, 0.29) is 18.4 Å². The van der Waals surface area contributed by atoms with Crippen molar-refractivity contribution in [3.05, 3.63) is 36.0 Å². The lowest BCUT2D eigenvalue weighted by Gasteiger charge is -2.14. The highest BCUT2D eigenvalue weighted by Crippen LogP contribution is 2.30. The molecule has 4 N–H and O–H groups in total. The number of amides is 2. The number of anilines is 2. The molecule has 29 heavy (non-hydrogen) atoms. The fourth-order valence-electron chi connectivity index (χ4n) is 2.77. The Morgan fingerprint density at radius 3 is 2.66 bits per heavy atom. The van der Waals surface area contributed by atoms with Gasteiger partial charge in [-0.3, -0.25) is 0 Å². The maximum absolute atomic E-state index is 12.3. The van der Waals surface area contributed by atoms with Crippen LogP contribution in [0.4, 0.5) is 16.3 Å². The molecular weight excluding hydrogens is 372 g/mol. The van der Waals surface area contributed by atoms with E-state index in [0.717, 1.165) is 18.4 Å². The van der Waals surface area contributed by atoms with Gasteiger partial charge in [-0.05, 0) is 37.0 Å². The highest BCUT2D eigenvalue weighted by Gasteiger charge is 2.11. The van der Waals surface area contributed by atoms with Crippen molar-refractivity contribution in [2.45, 2.75) is 33.2 Å². The molecule has 0 saturated heterocycles. The van der Waals surface area contributed by atoms with Crippen LogP contribution in [0, 0.1) is 5.92 Å². The van der Waals surface area contributed by atoms with E-state index in [1.807, 2.05) is 0 Å². The second-order valence-electron chi connectivity index (χ2n) is 6.95. The summed E-state index contributed by atoms with van der Waals surface area (Å²) in [4.78, 5) is 16.3. The van der Waals surface area contributed by atoms with Crippen molar-refractivity contribution in [3.63, 3.8) is 0 Å². The first-order valence-electron chi connectivity index (χ1n) is 9.57. The molecule has 0 unspecified atom stereocenters. The fraction of sp³-hybridized carbons (Fsp3) is 0.429. The first kappa shape index (κ1) is 22.1. The third-order valence-electron chi connectivity index (χ3n) is 4.26. The molecule has 0 spiro atoms. The molecule has 0 saturated carbocycles. The number of nitrogen functional groups attached to an aromatic ring is 1. The van der Waals surface area contributed by atoms with Gasteiger partial charge in [0.2, 0.25) is 0 Å². The normalized spacial score (nSPS) is 10.5. The second kappa shape index (κ2) is 11.0. The summed E-state index contributed by atoms with van der Waals surface area (Å²) >= 11 is 0. The minimum Gasteiger partial charge on any atom is -0.493 e. The Hall–Kier alpha value is -3.16. The van der Waals surface area contributed by atoms with Gasteiger partial charge in [-0.1, -0.05) is 13.8 Å². The maximum atomic E-state index is 12.3. The third-order valence-corrected chi connectivity index (χ3v) is 4.26. The van der Waals surface area contributed by atoms with Crippen LogP contribution < -0.4 is 30.6 Å². The van der Waals surface area contributed by atoms with Crippen LogP contribution in [-0.2, 0) is 6.54 Å². The molecule has 1 heterocycles. The molecule has 2 amide bonds. The Morgan fingerprint density at radius 2 is 1.97 bits per heavy atom. The molecule has 0 aliphatic rings. The number of nitrogens with one attached hydrogen (secondary N) is 2. The number of rotatable bonds is 10. The van der Waals surface area contributed by atoms with Gasteiger partial charge in [-0.25, -0.2) is 9.78 Å². The molecule has 2 aromatic rings. The number of aromatic nitrogens is 1. The van der Waals surface area contributed by atoms with Crippen molar-refractivity contribution in [3.8, 4) is 17.2 Å². The SMILES string of the molecule is COc1ccc(NC(=O)NCc2ccnc(N)c2OC)cc1OCCCC(C)C. The molecule has 1 aromatic carbocycles. The van der Waals surface area contributed by atoms with Crippen molar-refractivity contribution in [1.29, 1.82) is 0 Å². The van der Waals surface area contributed by atoms with Gasteiger partial charge in [-0.15, -0.1) is 0 Å². The Balaban J connectivity index is 1.95. The summed E-state index contributed by atoms with van der Waals surface area (Å²) in [6, 6.07) is 6.65. The van der Waals surface area contributed by atoms with E-state index >= 15 is 0 Å². The quantitative estimate of drug-likeness (QED) is 0.522. The van der Waals surface area contributed by atoms with Gasteiger partial charge >= 0.3 is 6.03 Å². The van der Waals surface area contributed by atoms with Gasteiger partial charge < -0.3 is 30.6 Å². The zero-order valence-electron chi connectivity index (χ0n) is 17.5. The van der Waals surface area contributed by atoms with Gasteiger partial charge in [0, 0.05) is 30.1 Å². The largest absolute Gasteiger partial charge is 0.493 e. The Morgan fingerprint density at radius 1 is 1.17 bits per heavy atom. The molecule has 0 aliphatic heterocycles. The van der Waals surface area contributed by atoms with Gasteiger partial charge in [0.15, 0.2) is 23.1 Å². The van der Waals surface area contributed by atoms with E-state index in [4.69, 9.17) is 19.9 Å². The summed E-state index contributed by atoms with van der Waals surface area (Å²) in [7, 11) is 3.10. The summed E-state index contributed by atoms with van der Waals surface area (Å²) in [5.41, 5.74) is 7.12. The van der Waals surface area contributed by atoms with Gasteiger partial charge in [0.1, 0.15) is 0 Å². The summed E-state index contributed by atoms with van der Waals surface area (Å²) < 4.78 is 16.4. The van der Waals surface area contributed by atoms with Crippen LogP contribution in [0.2, 0.25) is 0 Å². The monoisotopic (exact) mass is 402 g/mol. The van der Waals surface area contributed by atoms with E-state index in [2.05, 4.69) is 29.5 Å². The Bertz CT molecular complexity index is 811. The highest BCUT2D eigenvalue weighted by molar-refractivity contribution is 5.89. The van der Waals surface area contributed by atoms with Crippen LogP contribution in [0.1, 0.15) is 32.3 Å². The van der Waals surface area contributed by atoms with Crippen LogP contribution >= 0.6 is 0 Å². The average Bonchev–Trinajstić information content (AvgIpc) is 2.69. The third kappa shape index (κ3) is 6.74. The van der Waals surface area contributed by atoms with Crippen LogP contribution in [0.5, 0.6) is 17.2 Å². The first-order valence-corrected chi connectivity index (χ1v) is 9.57. The number of hydrogen-bond acceptors (Lipinski definition) is 6. The lowest BCUT2D eigenvalue weighted by Crippen LogP contribution is -2.28.